The van der Waals surface area contributed by atoms with Crippen LogP contribution in [0.3, 0.4) is 0 Å². The van der Waals surface area contributed by atoms with E-state index in [9.17, 15) is 9.59 Å². The Kier molecular flexibility index (Phi) is 6.67. The molecule has 0 radical (unpaired) electrons. The van der Waals surface area contributed by atoms with Gasteiger partial charge >= 0.3 is 11.9 Å². The SMILES string of the molecule is CCC(CO)N(CC(=O)O)CC(C)C(=O)O. The average molecular weight is 233 g/mol. The Bertz CT molecular complexity index is 239. The molecule has 0 aromatic rings. The van der Waals surface area contributed by atoms with Gasteiger partial charge in [-0.1, -0.05) is 13.8 Å². The van der Waals surface area contributed by atoms with Crippen molar-refractivity contribution in [2.24, 2.45) is 5.92 Å². The van der Waals surface area contributed by atoms with E-state index in [0.717, 1.165) is 0 Å². The Hall–Kier alpha value is -1.14. The molecule has 2 unspecified atom stereocenters. The van der Waals surface area contributed by atoms with Crippen LogP contribution in [0.4, 0.5) is 0 Å². The molecule has 94 valence electrons. The number of hydrogen-bond donors (Lipinski definition) is 3. The van der Waals surface area contributed by atoms with Crippen molar-refractivity contribution in [1.29, 1.82) is 0 Å². The lowest BCUT2D eigenvalue weighted by Gasteiger charge is -2.29. The number of carboxylic acid groups (broad SMARTS) is 2. The van der Waals surface area contributed by atoms with Crippen molar-refractivity contribution in [3.63, 3.8) is 0 Å². The second kappa shape index (κ2) is 7.19. The van der Waals surface area contributed by atoms with Gasteiger partial charge in [0.15, 0.2) is 0 Å². The Morgan fingerprint density at radius 3 is 2.19 bits per heavy atom. The smallest absolute Gasteiger partial charge is 0.317 e. The van der Waals surface area contributed by atoms with E-state index in [1.54, 1.807) is 0 Å². The number of aliphatic hydroxyl groups is 1. The van der Waals surface area contributed by atoms with E-state index in [0.29, 0.717) is 6.42 Å². The third-order valence-corrected chi connectivity index (χ3v) is 2.47. The molecule has 0 rings (SSSR count). The van der Waals surface area contributed by atoms with E-state index in [1.807, 2.05) is 6.92 Å². The van der Waals surface area contributed by atoms with Crippen LogP contribution in [0.5, 0.6) is 0 Å². The maximum atomic E-state index is 10.7. The fourth-order valence-corrected chi connectivity index (χ4v) is 1.45. The number of aliphatic hydroxyl groups excluding tert-OH is 1. The van der Waals surface area contributed by atoms with Gasteiger partial charge in [0.05, 0.1) is 19.1 Å². The number of rotatable bonds is 8. The monoisotopic (exact) mass is 233 g/mol. The summed E-state index contributed by atoms with van der Waals surface area (Å²) in [6.07, 6.45) is 0.579. The van der Waals surface area contributed by atoms with Crippen molar-refractivity contribution >= 4 is 11.9 Å². The maximum absolute atomic E-state index is 10.7. The number of nitrogens with zero attached hydrogens (tertiary/aromatic N) is 1. The van der Waals surface area contributed by atoms with Crippen molar-refractivity contribution < 1.29 is 24.9 Å². The molecule has 0 aliphatic heterocycles. The minimum atomic E-state index is -1.02. The lowest BCUT2D eigenvalue weighted by molar-refractivity contribution is -0.145. The van der Waals surface area contributed by atoms with Crippen LogP contribution in [0, 0.1) is 5.92 Å². The Labute approximate surface area is 94.5 Å². The Morgan fingerprint density at radius 1 is 1.31 bits per heavy atom. The van der Waals surface area contributed by atoms with Crippen molar-refractivity contribution in [3.8, 4) is 0 Å². The molecule has 0 saturated carbocycles. The van der Waals surface area contributed by atoms with Crippen molar-refractivity contribution in [2.45, 2.75) is 26.3 Å². The molecule has 0 heterocycles. The summed E-state index contributed by atoms with van der Waals surface area (Å²) in [5.41, 5.74) is 0. The first-order chi connectivity index (χ1) is 7.42. The van der Waals surface area contributed by atoms with Gasteiger partial charge < -0.3 is 15.3 Å². The molecule has 3 N–H and O–H groups in total. The first kappa shape index (κ1) is 14.9. The average Bonchev–Trinajstić information content (AvgIpc) is 2.18. The Balaban J connectivity index is 4.52. The van der Waals surface area contributed by atoms with Crippen LogP contribution in [0.15, 0.2) is 0 Å². The molecular weight excluding hydrogens is 214 g/mol. The topological polar surface area (TPSA) is 98.1 Å². The molecule has 0 bridgehead atoms. The van der Waals surface area contributed by atoms with Crippen molar-refractivity contribution in [1.82, 2.24) is 4.90 Å². The van der Waals surface area contributed by atoms with Gasteiger partial charge in [-0.25, -0.2) is 0 Å². The van der Waals surface area contributed by atoms with Gasteiger partial charge in [0.25, 0.3) is 0 Å². The minimum absolute atomic E-state index is 0.126. The summed E-state index contributed by atoms with van der Waals surface area (Å²) in [4.78, 5) is 22.8. The molecule has 6 heteroatoms. The zero-order valence-corrected chi connectivity index (χ0v) is 9.59. The summed E-state index contributed by atoms with van der Waals surface area (Å²) in [6.45, 7) is 3.04. The highest BCUT2D eigenvalue weighted by Crippen LogP contribution is 2.08. The van der Waals surface area contributed by atoms with Crippen LogP contribution >= 0.6 is 0 Å². The third-order valence-electron chi connectivity index (χ3n) is 2.47. The maximum Gasteiger partial charge on any atom is 0.317 e. The van der Waals surface area contributed by atoms with Crippen LogP contribution < -0.4 is 0 Å². The number of hydrogen-bond acceptors (Lipinski definition) is 4. The molecule has 0 aromatic heterocycles. The predicted molar refractivity (Wildman–Crippen MR) is 57.2 cm³/mol. The fraction of sp³-hybridized carbons (Fsp3) is 0.800. The van der Waals surface area contributed by atoms with E-state index < -0.39 is 17.9 Å². The second-order valence-corrected chi connectivity index (χ2v) is 3.81. The van der Waals surface area contributed by atoms with Gasteiger partial charge in [-0.3, -0.25) is 14.5 Å². The fourth-order valence-electron chi connectivity index (χ4n) is 1.45. The van der Waals surface area contributed by atoms with Gasteiger partial charge in [0.1, 0.15) is 0 Å². The molecule has 0 spiro atoms. The van der Waals surface area contributed by atoms with E-state index in [-0.39, 0.29) is 25.7 Å². The van der Waals surface area contributed by atoms with E-state index in [4.69, 9.17) is 15.3 Å². The first-order valence-corrected chi connectivity index (χ1v) is 5.21. The minimum Gasteiger partial charge on any atom is -0.481 e. The summed E-state index contributed by atoms with van der Waals surface area (Å²) in [5.74, 6) is -2.65. The molecule has 0 amide bonds. The summed E-state index contributed by atoms with van der Waals surface area (Å²) >= 11 is 0. The van der Waals surface area contributed by atoms with Gasteiger partial charge in [-0.2, -0.15) is 0 Å². The van der Waals surface area contributed by atoms with E-state index in [1.165, 1.54) is 11.8 Å². The summed E-state index contributed by atoms with van der Waals surface area (Å²) in [7, 11) is 0. The molecule has 2 atom stereocenters. The predicted octanol–water partition coefficient (Wildman–Crippen LogP) is -0.135. The van der Waals surface area contributed by atoms with Crippen LogP contribution in [0.1, 0.15) is 20.3 Å². The van der Waals surface area contributed by atoms with Crippen LogP contribution in [-0.2, 0) is 9.59 Å². The lowest BCUT2D eigenvalue weighted by Crippen LogP contribution is -2.44. The lowest BCUT2D eigenvalue weighted by atomic mass is 10.1. The highest BCUT2D eigenvalue weighted by Gasteiger charge is 2.23. The highest BCUT2D eigenvalue weighted by molar-refractivity contribution is 5.71. The summed E-state index contributed by atoms with van der Waals surface area (Å²) in [6, 6.07) is -0.308. The summed E-state index contributed by atoms with van der Waals surface area (Å²) < 4.78 is 0. The van der Waals surface area contributed by atoms with Crippen LogP contribution in [0.25, 0.3) is 0 Å². The molecule has 0 aromatic carbocycles. The molecule has 0 aliphatic rings. The van der Waals surface area contributed by atoms with E-state index >= 15 is 0 Å². The largest absolute Gasteiger partial charge is 0.481 e. The molecule has 0 fully saturated rings. The van der Waals surface area contributed by atoms with E-state index in [2.05, 4.69) is 0 Å². The zero-order chi connectivity index (χ0) is 12.7. The second-order valence-electron chi connectivity index (χ2n) is 3.81. The first-order valence-electron chi connectivity index (χ1n) is 5.21. The molecule has 6 nitrogen and oxygen atoms in total. The summed E-state index contributed by atoms with van der Waals surface area (Å²) in [5, 5.41) is 26.5. The Morgan fingerprint density at radius 2 is 1.88 bits per heavy atom. The van der Waals surface area contributed by atoms with Crippen LogP contribution in [0.2, 0.25) is 0 Å². The zero-order valence-electron chi connectivity index (χ0n) is 9.59. The number of carboxylic acids is 2. The normalized spacial score (nSPS) is 14.8. The van der Waals surface area contributed by atoms with Gasteiger partial charge in [-0.05, 0) is 6.42 Å². The van der Waals surface area contributed by atoms with Crippen LogP contribution in [-0.4, -0.2) is 57.9 Å². The molecule has 0 aliphatic carbocycles. The van der Waals surface area contributed by atoms with Gasteiger partial charge in [-0.15, -0.1) is 0 Å². The molecule has 16 heavy (non-hydrogen) atoms. The highest BCUT2D eigenvalue weighted by atomic mass is 16.4. The van der Waals surface area contributed by atoms with Gasteiger partial charge in [0, 0.05) is 12.6 Å². The van der Waals surface area contributed by atoms with Crippen molar-refractivity contribution in [2.75, 3.05) is 19.7 Å². The molecular formula is C10H19NO5. The van der Waals surface area contributed by atoms with Gasteiger partial charge in [0.2, 0.25) is 0 Å². The number of aliphatic carboxylic acids is 2. The standard InChI is InChI=1S/C10H19NO5/c1-3-8(6-12)11(5-9(13)14)4-7(2)10(15)16/h7-8,12H,3-6H2,1-2H3,(H,13,14)(H,15,16). The molecule has 0 saturated heterocycles. The number of carbonyl (C=O) groups is 2. The van der Waals surface area contributed by atoms with Crippen molar-refractivity contribution in [3.05, 3.63) is 0 Å². The quantitative estimate of drug-likeness (QED) is 0.540. The third kappa shape index (κ3) is 5.09.